The lowest BCUT2D eigenvalue weighted by atomic mass is 9.98. The third-order valence-electron chi connectivity index (χ3n) is 7.93. The van der Waals surface area contributed by atoms with Crippen LogP contribution in [0.3, 0.4) is 0 Å². The largest absolute Gasteiger partial charge is 0.481 e. The Morgan fingerprint density at radius 1 is 1.06 bits per heavy atom. The predicted octanol–water partition coefficient (Wildman–Crippen LogP) is 2.47. The number of piperidine rings is 1. The Kier molecular flexibility index (Phi) is 4.88. The van der Waals surface area contributed by atoms with Crippen molar-refractivity contribution in [3.05, 3.63) is 59.7 Å². The first-order chi connectivity index (χ1) is 16.5. The average Bonchev–Trinajstić information content (AvgIpc) is 3.16. The Labute approximate surface area is 196 Å². The van der Waals surface area contributed by atoms with Crippen LogP contribution in [-0.4, -0.2) is 66.9 Å². The first kappa shape index (κ1) is 21.2. The van der Waals surface area contributed by atoms with Crippen LogP contribution in [0.15, 0.2) is 48.5 Å². The van der Waals surface area contributed by atoms with Gasteiger partial charge in [-0.3, -0.25) is 9.59 Å². The number of ether oxygens (including phenoxy) is 2. The van der Waals surface area contributed by atoms with Gasteiger partial charge in [0.05, 0.1) is 30.6 Å². The highest BCUT2D eigenvalue weighted by Gasteiger charge is 2.66. The second kappa shape index (κ2) is 7.84. The van der Waals surface area contributed by atoms with Crippen LogP contribution in [0.25, 0.3) is 11.1 Å². The highest BCUT2D eigenvalue weighted by atomic mass is 16.5. The molecule has 4 aliphatic rings. The van der Waals surface area contributed by atoms with E-state index in [0.29, 0.717) is 13.0 Å². The summed E-state index contributed by atoms with van der Waals surface area (Å²) in [4.78, 5) is 38.9. The van der Waals surface area contributed by atoms with Gasteiger partial charge in [-0.2, -0.15) is 0 Å². The minimum Gasteiger partial charge on any atom is -0.481 e. The predicted molar refractivity (Wildman–Crippen MR) is 121 cm³/mol. The number of hydrogen-bond acceptors (Lipinski definition) is 5. The summed E-state index contributed by atoms with van der Waals surface area (Å²) in [5.74, 6) is -1.54. The Hall–Kier alpha value is -3.39. The number of carbonyl (C=O) groups is 3. The molecule has 1 saturated carbocycles. The van der Waals surface area contributed by atoms with Gasteiger partial charge in [-0.05, 0) is 34.6 Å². The van der Waals surface area contributed by atoms with Crippen molar-refractivity contribution < 1.29 is 29.0 Å². The summed E-state index contributed by atoms with van der Waals surface area (Å²) in [6.07, 6.45) is 0.0516. The Morgan fingerprint density at radius 2 is 1.74 bits per heavy atom. The zero-order valence-corrected chi connectivity index (χ0v) is 18.6. The zero-order valence-electron chi connectivity index (χ0n) is 18.6. The maximum Gasteiger partial charge on any atom is 0.407 e. The highest BCUT2D eigenvalue weighted by molar-refractivity contribution is 5.86. The molecule has 2 heterocycles. The molecule has 2 aromatic rings. The molecule has 4 atom stereocenters. The van der Waals surface area contributed by atoms with Gasteiger partial charge in [-0.25, -0.2) is 4.79 Å². The van der Waals surface area contributed by atoms with Gasteiger partial charge in [0.15, 0.2) is 0 Å². The second-order valence-corrected chi connectivity index (χ2v) is 9.80. The van der Waals surface area contributed by atoms with Crippen molar-refractivity contribution in [2.24, 2.45) is 17.3 Å². The molecule has 176 valence electrons. The number of aliphatic carboxylic acids is 1. The van der Waals surface area contributed by atoms with Gasteiger partial charge >= 0.3 is 12.1 Å². The second-order valence-electron chi connectivity index (χ2n) is 9.80. The van der Waals surface area contributed by atoms with Crippen LogP contribution in [0.4, 0.5) is 4.79 Å². The van der Waals surface area contributed by atoms with Crippen LogP contribution in [0.5, 0.6) is 0 Å². The molecule has 34 heavy (non-hydrogen) atoms. The van der Waals surface area contributed by atoms with Gasteiger partial charge in [0, 0.05) is 19.0 Å². The summed E-state index contributed by atoms with van der Waals surface area (Å²) in [5.41, 5.74) is 3.81. The van der Waals surface area contributed by atoms with E-state index in [0.717, 1.165) is 22.3 Å². The third-order valence-corrected chi connectivity index (χ3v) is 7.93. The molecule has 8 heteroatoms. The lowest BCUT2D eigenvalue weighted by Crippen LogP contribution is -2.48. The summed E-state index contributed by atoms with van der Waals surface area (Å²) in [6, 6.07) is 15.8. The molecule has 2 aliphatic carbocycles. The number of alkyl carbamates (subject to hydrolysis) is 1. The van der Waals surface area contributed by atoms with Crippen molar-refractivity contribution in [3.8, 4) is 11.1 Å². The number of likely N-dealkylation sites (tertiary alicyclic amines) is 1. The molecule has 0 aromatic heterocycles. The van der Waals surface area contributed by atoms with Crippen molar-refractivity contribution in [2.75, 3.05) is 32.9 Å². The summed E-state index contributed by atoms with van der Waals surface area (Å²) in [6.45, 7) is 1.32. The number of fused-ring (bicyclic) bond motifs is 4. The molecule has 0 radical (unpaired) electrons. The highest BCUT2D eigenvalue weighted by Crippen LogP contribution is 2.58. The number of rotatable bonds is 5. The normalized spacial score (nSPS) is 28.7. The first-order valence-corrected chi connectivity index (χ1v) is 11.7. The lowest BCUT2D eigenvalue weighted by Gasteiger charge is -2.26. The lowest BCUT2D eigenvalue weighted by molar-refractivity contribution is -0.144. The smallest absolute Gasteiger partial charge is 0.407 e. The van der Waals surface area contributed by atoms with Crippen molar-refractivity contribution in [1.82, 2.24) is 10.2 Å². The quantitative estimate of drug-likeness (QED) is 0.707. The molecule has 4 unspecified atom stereocenters. The zero-order chi connectivity index (χ0) is 23.4. The molecule has 2 N–H and O–H groups in total. The van der Waals surface area contributed by atoms with E-state index in [1.165, 1.54) is 0 Å². The number of hydrogen-bond donors (Lipinski definition) is 2. The van der Waals surface area contributed by atoms with E-state index < -0.39 is 29.4 Å². The van der Waals surface area contributed by atoms with Crippen LogP contribution >= 0.6 is 0 Å². The standard InChI is InChI=1S/C26H26N2O6/c29-23(28-10-15-9-26(15,14-28)24(30)31)21-11-33-13-22(21)27-25(32)34-12-20-18-7-3-1-5-16(18)17-6-2-4-8-19(17)20/h1-8,15,20-22H,9-14H2,(H,27,32)(H,30,31). The minimum atomic E-state index is -0.830. The van der Waals surface area contributed by atoms with Crippen LogP contribution in [0.1, 0.15) is 23.5 Å². The Morgan fingerprint density at radius 3 is 2.38 bits per heavy atom. The van der Waals surface area contributed by atoms with E-state index >= 15 is 0 Å². The van der Waals surface area contributed by atoms with Gasteiger partial charge in [0.25, 0.3) is 0 Å². The molecule has 2 saturated heterocycles. The van der Waals surface area contributed by atoms with Crippen molar-refractivity contribution in [1.29, 1.82) is 0 Å². The Balaban J connectivity index is 1.08. The van der Waals surface area contributed by atoms with Crippen molar-refractivity contribution >= 4 is 18.0 Å². The fourth-order valence-corrected chi connectivity index (χ4v) is 5.95. The maximum absolute atomic E-state index is 13.1. The van der Waals surface area contributed by atoms with Crippen LogP contribution < -0.4 is 5.32 Å². The number of carbonyl (C=O) groups excluding carboxylic acids is 2. The molecule has 6 rings (SSSR count). The van der Waals surface area contributed by atoms with E-state index in [1.54, 1.807) is 4.90 Å². The molecule has 0 bridgehead atoms. The maximum atomic E-state index is 13.1. The average molecular weight is 463 g/mol. The Bertz CT molecular complexity index is 1140. The third kappa shape index (κ3) is 3.27. The molecule has 2 aliphatic heterocycles. The molecular weight excluding hydrogens is 436 g/mol. The molecule has 2 aromatic carbocycles. The van der Waals surface area contributed by atoms with Crippen LogP contribution in [0.2, 0.25) is 0 Å². The monoisotopic (exact) mass is 462 g/mol. The number of benzene rings is 2. The molecule has 2 amide bonds. The minimum absolute atomic E-state index is 0.0322. The fraction of sp³-hybridized carbons (Fsp3) is 0.423. The first-order valence-electron chi connectivity index (χ1n) is 11.7. The number of carboxylic acid groups (broad SMARTS) is 1. The molecule has 3 fully saturated rings. The van der Waals surface area contributed by atoms with Gasteiger partial charge < -0.3 is 24.8 Å². The van der Waals surface area contributed by atoms with Crippen molar-refractivity contribution in [2.45, 2.75) is 18.4 Å². The van der Waals surface area contributed by atoms with Crippen LogP contribution in [-0.2, 0) is 19.1 Å². The van der Waals surface area contributed by atoms with Crippen molar-refractivity contribution in [3.63, 3.8) is 0 Å². The topological polar surface area (TPSA) is 105 Å². The summed E-state index contributed by atoms with van der Waals surface area (Å²) < 4.78 is 11.1. The van der Waals surface area contributed by atoms with Gasteiger partial charge in [-0.1, -0.05) is 48.5 Å². The molecule has 8 nitrogen and oxygen atoms in total. The van der Waals surface area contributed by atoms with E-state index in [-0.39, 0.29) is 44.1 Å². The number of nitrogens with zero attached hydrogens (tertiary/aromatic N) is 1. The SMILES string of the molecule is O=C(NC1COCC1C(=O)N1CC2CC2(C(=O)O)C1)OCC1c2ccccc2-c2ccccc21. The van der Waals surface area contributed by atoms with Gasteiger partial charge in [0.2, 0.25) is 5.91 Å². The summed E-state index contributed by atoms with van der Waals surface area (Å²) in [5, 5.41) is 12.3. The van der Waals surface area contributed by atoms with Crippen LogP contribution in [0, 0.1) is 17.3 Å². The summed E-state index contributed by atoms with van der Waals surface area (Å²) >= 11 is 0. The fourth-order valence-electron chi connectivity index (χ4n) is 5.95. The number of carboxylic acids is 1. The van der Waals surface area contributed by atoms with E-state index in [4.69, 9.17) is 9.47 Å². The van der Waals surface area contributed by atoms with E-state index in [9.17, 15) is 19.5 Å². The number of amides is 2. The number of nitrogens with one attached hydrogen (secondary N) is 1. The summed E-state index contributed by atoms with van der Waals surface area (Å²) in [7, 11) is 0. The van der Waals surface area contributed by atoms with E-state index in [1.807, 2.05) is 24.3 Å². The molecule has 0 spiro atoms. The van der Waals surface area contributed by atoms with Gasteiger partial charge in [-0.15, -0.1) is 0 Å². The van der Waals surface area contributed by atoms with Gasteiger partial charge in [0.1, 0.15) is 6.61 Å². The molecular formula is C26H26N2O6. The van der Waals surface area contributed by atoms with E-state index in [2.05, 4.69) is 29.6 Å².